The van der Waals surface area contributed by atoms with Gasteiger partial charge in [-0.15, -0.1) is 0 Å². The Morgan fingerprint density at radius 1 is 1.53 bits per heavy atom. The lowest BCUT2D eigenvalue weighted by atomic mass is 10.2. The van der Waals surface area contributed by atoms with Gasteiger partial charge in [0, 0.05) is 6.61 Å². The molecule has 4 N–H and O–H groups in total. The van der Waals surface area contributed by atoms with Crippen molar-refractivity contribution in [3.05, 3.63) is 23.8 Å². The molecule has 5 heteroatoms. The van der Waals surface area contributed by atoms with Crippen LogP contribution in [0.2, 0.25) is 0 Å². The molecule has 1 aliphatic rings. The number of urea groups is 1. The number of benzene rings is 1. The van der Waals surface area contributed by atoms with Gasteiger partial charge >= 0.3 is 6.03 Å². The summed E-state index contributed by atoms with van der Waals surface area (Å²) in [6, 6.07) is 5.23. The highest BCUT2D eigenvalue weighted by Gasteiger charge is 2.17. The zero-order valence-electron chi connectivity index (χ0n) is 9.82. The van der Waals surface area contributed by atoms with Crippen molar-refractivity contribution in [3.8, 4) is 0 Å². The lowest BCUT2D eigenvalue weighted by molar-refractivity contribution is 0.0928. The lowest BCUT2D eigenvalue weighted by Gasteiger charge is -2.14. The average Bonchev–Trinajstić information content (AvgIpc) is 2.76. The van der Waals surface area contributed by atoms with Crippen LogP contribution in [0.5, 0.6) is 0 Å². The highest BCUT2D eigenvalue weighted by molar-refractivity contribution is 5.92. The van der Waals surface area contributed by atoms with E-state index < -0.39 is 0 Å². The number of carbonyl (C=O) groups excluding carboxylic acids is 1. The van der Waals surface area contributed by atoms with E-state index in [4.69, 9.17) is 10.5 Å². The Labute approximate surface area is 100 Å². The topological polar surface area (TPSA) is 76.4 Å². The number of hydrogen-bond acceptors (Lipinski definition) is 3. The average molecular weight is 235 g/mol. The van der Waals surface area contributed by atoms with Crippen LogP contribution in [0.1, 0.15) is 18.4 Å². The third-order valence-electron chi connectivity index (χ3n) is 2.68. The summed E-state index contributed by atoms with van der Waals surface area (Å²) in [5.74, 6) is 0. The van der Waals surface area contributed by atoms with Crippen molar-refractivity contribution in [2.75, 3.05) is 17.7 Å². The van der Waals surface area contributed by atoms with Gasteiger partial charge in [-0.2, -0.15) is 0 Å². The van der Waals surface area contributed by atoms with Crippen molar-refractivity contribution in [1.82, 2.24) is 5.32 Å². The predicted octanol–water partition coefficient (Wildman–Crippen LogP) is 1.84. The predicted molar refractivity (Wildman–Crippen MR) is 66.7 cm³/mol. The van der Waals surface area contributed by atoms with Gasteiger partial charge in [-0.05, 0) is 37.5 Å². The number of hydrogen-bond donors (Lipinski definition) is 3. The van der Waals surface area contributed by atoms with Crippen LogP contribution in [-0.4, -0.2) is 18.9 Å². The SMILES string of the molecule is Cc1ccc(N)c(NC(=O)NC2CCCO2)c1. The van der Waals surface area contributed by atoms with Gasteiger partial charge in [0.2, 0.25) is 0 Å². The van der Waals surface area contributed by atoms with Gasteiger partial charge in [-0.1, -0.05) is 6.07 Å². The second-order valence-electron chi connectivity index (χ2n) is 4.19. The molecule has 92 valence electrons. The number of nitrogen functional groups attached to an aromatic ring is 1. The van der Waals surface area contributed by atoms with Crippen LogP contribution in [-0.2, 0) is 4.74 Å². The van der Waals surface area contributed by atoms with Crippen LogP contribution < -0.4 is 16.4 Å². The fraction of sp³-hybridized carbons (Fsp3) is 0.417. The van der Waals surface area contributed by atoms with Gasteiger partial charge in [0.1, 0.15) is 6.23 Å². The van der Waals surface area contributed by atoms with Crippen molar-refractivity contribution >= 4 is 17.4 Å². The Hall–Kier alpha value is -1.75. The third kappa shape index (κ3) is 3.10. The van der Waals surface area contributed by atoms with Gasteiger partial charge < -0.3 is 21.1 Å². The summed E-state index contributed by atoms with van der Waals surface area (Å²) >= 11 is 0. The monoisotopic (exact) mass is 235 g/mol. The Kier molecular flexibility index (Phi) is 3.49. The molecule has 1 unspecified atom stereocenters. The lowest BCUT2D eigenvalue weighted by Crippen LogP contribution is -2.37. The fourth-order valence-corrected chi connectivity index (χ4v) is 1.77. The Morgan fingerprint density at radius 3 is 3.06 bits per heavy atom. The molecule has 2 rings (SSSR count). The molecule has 0 bridgehead atoms. The minimum Gasteiger partial charge on any atom is -0.397 e. The molecule has 1 atom stereocenters. The molecular formula is C12H17N3O2. The number of nitrogens with two attached hydrogens (primary N) is 1. The first-order chi connectivity index (χ1) is 8.15. The van der Waals surface area contributed by atoms with Gasteiger partial charge in [0.05, 0.1) is 11.4 Å². The molecule has 0 radical (unpaired) electrons. The maximum atomic E-state index is 11.7. The molecule has 1 aliphatic heterocycles. The first kappa shape index (κ1) is 11.7. The molecule has 5 nitrogen and oxygen atoms in total. The Morgan fingerprint density at radius 2 is 2.35 bits per heavy atom. The van der Waals surface area contributed by atoms with Crippen molar-refractivity contribution in [3.63, 3.8) is 0 Å². The number of rotatable bonds is 2. The van der Waals surface area contributed by atoms with Crippen molar-refractivity contribution < 1.29 is 9.53 Å². The molecule has 1 aromatic carbocycles. The number of carbonyl (C=O) groups is 1. The van der Waals surface area contributed by atoms with E-state index in [0.29, 0.717) is 18.0 Å². The van der Waals surface area contributed by atoms with E-state index in [2.05, 4.69) is 10.6 Å². The van der Waals surface area contributed by atoms with Gasteiger partial charge in [0.15, 0.2) is 0 Å². The third-order valence-corrected chi connectivity index (χ3v) is 2.68. The summed E-state index contributed by atoms with van der Waals surface area (Å²) in [6.07, 6.45) is 1.66. The molecule has 0 aliphatic carbocycles. The Bertz CT molecular complexity index is 414. The van der Waals surface area contributed by atoms with E-state index >= 15 is 0 Å². The van der Waals surface area contributed by atoms with Crippen molar-refractivity contribution in [1.29, 1.82) is 0 Å². The van der Waals surface area contributed by atoms with Crippen LogP contribution in [0, 0.1) is 6.92 Å². The quantitative estimate of drug-likeness (QED) is 0.684. The van der Waals surface area contributed by atoms with E-state index in [9.17, 15) is 4.79 Å². The van der Waals surface area contributed by atoms with Crippen LogP contribution in [0.25, 0.3) is 0 Å². The summed E-state index contributed by atoms with van der Waals surface area (Å²) in [7, 11) is 0. The molecular weight excluding hydrogens is 218 g/mol. The number of amides is 2. The minimum absolute atomic E-state index is 0.180. The molecule has 17 heavy (non-hydrogen) atoms. The Balaban J connectivity index is 1.95. The van der Waals surface area contributed by atoms with Crippen LogP contribution in [0.15, 0.2) is 18.2 Å². The summed E-state index contributed by atoms with van der Waals surface area (Å²) in [6.45, 7) is 2.65. The maximum Gasteiger partial charge on any atom is 0.321 e. The molecule has 1 fully saturated rings. The van der Waals surface area contributed by atoms with E-state index in [0.717, 1.165) is 18.4 Å². The molecule has 1 heterocycles. The van der Waals surface area contributed by atoms with Crippen LogP contribution in [0.4, 0.5) is 16.2 Å². The molecule has 0 aromatic heterocycles. The second kappa shape index (κ2) is 5.05. The van der Waals surface area contributed by atoms with Crippen molar-refractivity contribution in [2.24, 2.45) is 0 Å². The summed E-state index contributed by atoms with van der Waals surface area (Å²) < 4.78 is 5.31. The highest BCUT2D eigenvalue weighted by atomic mass is 16.5. The molecule has 1 aromatic rings. The standard InChI is InChI=1S/C12H17N3O2/c1-8-4-5-9(13)10(7-8)14-12(16)15-11-3-2-6-17-11/h4-5,7,11H,2-3,6,13H2,1H3,(H2,14,15,16). The maximum absolute atomic E-state index is 11.7. The zero-order valence-corrected chi connectivity index (χ0v) is 9.82. The zero-order chi connectivity index (χ0) is 12.3. The van der Waals surface area contributed by atoms with E-state index in [-0.39, 0.29) is 12.3 Å². The van der Waals surface area contributed by atoms with E-state index in [1.807, 2.05) is 19.1 Å². The molecule has 0 saturated carbocycles. The summed E-state index contributed by atoms with van der Waals surface area (Å²) in [4.78, 5) is 11.7. The number of anilines is 2. The van der Waals surface area contributed by atoms with Crippen LogP contribution >= 0.6 is 0 Å². The fourth-order valence-electron chi connectivity index (χ4n) is 1.77. The highest BCUT2D eigenvalue weighted by Crippen LogP contribution is 2.19. The van der Waals surface area contributed by atoms with Crippen LogP contribution in [0.3, 0.4) is 0 Å². The largest absolute Gasteiger partial charge is 0.397 e. The van der Waals surface area contributed by atoms with Gasteiger partial charge in [-0.3, -0.25) is 0 Å². The number of nitrogens with one attached hydrogen (secondary N) is 2. The second-order valence-corrected chi connectivity index (χ2v) is 4.19. The number of ether oxygens (including phenoxy) is 1. The molecule has 0 spiro atoms. The first-order valence-electron chi connectivity index (χ1n) is 5.70. The minimum atomic E-state index is -0.283. The number of aryl methyl sites for hydroxylation is 1. The molecule has 2 amide bonds. The first-order valence-corrected chi connectivity index (χ1v) is 5.70. The molecule has 1 saturated heterocycles. The van der Waals surface area contributed by atoms with Gasteiger partial charge in [0.25, 0.3) is 0 Å². The normalized spacial score (nSPS) is 19.0. The van der Waals surface area contributed by atoms with E-state index in [1.165, 1.54) is 0 Å². The van der Waals surface area contributed by atoms with Crippen molar-refractivity contribution in [2.45, 2.75) is 26.0 Å². The van der Waals surface area contributed by atoms with E-state index in [1.54, 1.807) is 6.07 Å². The summed E-state index contributed by atoms with van der Waals surface area (Å²) in [5.41, 5.74) is 8.00. The summed E-state index contributed by atoms with van der Waals surface area (Å²) in [5, 5.41) is 5.47. The van der Waals surface area contributed by atoms with Gasteiger partial charge in [-0.25, -0.2) is 4.79 Å². The smallest absolute Gasteiger partial charge is 0.321 e.